The van der Waals surface area contributed by atoms with Crippen molar-refractivity contribution in [3.05, 3.63) is 0 Å². The Bertz CT molecular complexity index is 143. The third kappa shape index (κ3) is 14.7. The van der Waals surface area contributed by atoms with Gasteiger partial charge in [0.05, 0.1) is 0 Å². The SMILES string of the molecule is CCCCCCCC[SiH](CCCCCCCC)[SiH2]C. The van der Waals surface area contributed by atoms with E-state index < -0.39 is 0 Å². The fourth-order valence-corrected chi connectivity index (χ4v) is 10.00. The molecule has 0 atom stereocenters. The van der Waals surface area contributed by atoms with Crippen molar-refractivity contribution in [3.63, 3.8) is 0 Å². The maximum Gasteiger partial charge on any atom is 0.0238 e. The second-order valence-electron chi connectivity index (χ2n) is 6.39. The van der Waals surface area contributed by atoms with Gasteiger partial charge >= 0.3 is 0 Å². The van der Waals surface area contributed by atoms with E-state index >= 15 is 0 Å². The summed E-state index contributed by atoms with van der Waals surface area (Å²) in [4.78, 5) is 0. The lowest BCUT2D eigenvalue weighted by Crippen LogP contribution is -2.19. The van der Waals surface area contributed by atoms with Crippen LogP contribution in [0.1, 0.15) is 90.9 Å². The van der Waals surface area contributed by atoms with Crippen LogP contribution in [0.3, 0.4) is 0 Å². The monoisotopic (exact) mass is 300 g/mol. The minimum absolute atomic E-state index is 0.192. The summed E-state index contributed by atoms with van der Waals surface area (Å²) in [6.07, 6.45) is 17.9. The second-order valence-corrected chi connectivity index (χ2v) is 16.0. The Morgan fingerprint density at radius 2 is 0.947 bits per heavy atom. The number of rotatable bonds is 15. The first-order valence-electron chi connectivity index (χ1n) is 9.35. The van der Waals surface area contributed by atoms with Gasteiger partial charge < -0.3 is 0 Å². The molecule has 0 rings (SSSR count). The predicted octanol–water partition coefficient (Wildman–Crippen LogP) is 5.65. The van der Waals surface area contributed by atoms with Gasteiger partial charge in [-0.05, 0) is 0 Å². The molecule has 0 aliphatic rings. The van der Waals surface area contributed by atoms with Gasteiger partial charge in [0.25, 0.3) is 0 Å². The van der Waals surface area contributed by atoms with Gasteiger partial charge in [0.1, 0.15) is 0 Å². The van der Waals surface area contributed by atoms with Crippen molar-refractivity contribution in [3.8, 4) is 0 Å². The zero-order chi connectivity index (χ0) is 14.2. The van der Waals surface area contributed by atoms with E-state index in [0.29, 0.717) is 9.04 Å². The summed E-state index contributed by atoms with van der Waals surface area (Å²) >= 11 is 0. The Morgan fingerprint density at radius 3 is 1.32 bits per heavy atom. The molecule has 0 aliphatic carbocycles. The van der Waals surface area contributed by atoms with Gasteiger partial charge in [-0.1, -0.05) is 110 Å². The largest absolute Gasteiger partial charge is 0.0769 e. The van der Waals surface area contributed by atoms with Crippen molar-refractivity contribution < 1.29 is 0 Å². The molecule has 0 aromatic carbocycles. The van der Waals surface area contributed by atoms with Crippen LogP contribution in [-0.4, -0.2) is 17.4 Å². The summed E-state index contributed by atoms with van der Waals surface area (Å²) in [6.45, 7) is 7.21. The van der Waals surface area contributed by atoms with Crippen LogP contribution in [0.5, 0.6) is 0 Å². The van der Waals surface area contributed by atoms with Gasteiger partial charge in [0.15, 0.2) is 0 Å². The number of hydrogen-bond acceptors (Lipinski definition) is 0. The van der Waals surface area contributed by atoms with E-state index in [1.807, 2.05) is 0 Å². The first-order valence-corrected chi connectivity index (χ1v) is 15.7. The van der Waals surface area contributed by atoms with E-state index in [9.17, 15) is 0 Å². The highest BCUT2D eigenvalue weighted by atomic mass is 29.2. The van der Waals surface area contributed by atoms with Crippen molar-refractivity contribution in [1.82, 2.24) is 0 Å². The molecule has 0 saturated carbocycles. The van der Waals surface area contributed by atoms with Crippen LogP contribution in [0.15, 0.2) is 0 Å². The van der Waals surface area contributed by atoms with E-state index in [1.54, 1.807) is 24.9 Å². The van der Waals surface area contributed by atoms with E-state index in [1.165, 1.54) is 64.2 Å². The number of unbranched alkanes of at least 4 members (excludes halogenated alkanes) is 10. The van der Waals surface area contributed by atoms with Gasteiger partial charge in [-0.15, -0.1) is 0 Å². The minimum Gasteiger partial charge on any atom is -0.0769 e. The molecule has 0 N–H and O–H groups in total. The Labute approximate surface area is 127 Å². The Balaban J connectivity index is 3.30. The van der Waals surface area contributed by atoms with Crippen LogP contribution in [0.25, 0.3) is 0 Å². The second kappa shape index (κ2) is 16.5. The van der Waals surface area contributed by atoms with Crippen LogP contribution < -0.4 is 0 Å². The summed E-state index contributed by atoms with van der Waals surface area (Å²) < 4.78 is 0. The lowest BCUT2D eigenvalue weighted by molar-refractivity contribution is 0.618. The fraction of sp³-hybridized carbons (Fsp3) is 1.00. The molecule has 0 aromatic heterocycles. The lowest BCUT2D eigenvalue weighted by Gasteiger charge is -2.12. The molecular weight excluding hydrogens is 260 g/mol. The average Bonchev–Trinajstić information content (AvgIpc) is 2.44. The highest BCUT2D eigenvalue weighted by molar-refractivity contribution is 7.11. The van der Waals surface area contributed by atoms with Gasteiger partial charge in [-0.2, -0.15) is 0 Å². The Morgan fingerprint density at radius 1 is 0.579 bits per heavy atom. The van der Waals surface area contributed by atoms with E-state index in [0.717, 1.165) is 0 Å². The summed E-state index contributed by atoms with van der Waals surface area (Å²) in [7, 11) is 0.187. The molecule has 0 aliphatic heterocycles. The maximum atomic E-state index is 2.59. The molecule has 0 aromatic rings. The van der Waals surface area contributed by atoms with Crippen LogP contribution in [-0.2, 0) is 0 Å². The van der Waals surface area contributed by atoms with Crippen molar-refractivity contribution in [1.29, 1.82) is 0 Å². The summed E-state index contributed by atoms with van der Waals surface area (Å²) in [5, 5.41) is 0. The summed E-state index contributed by atoms with van der Waals surface area (Å²) in [5.74, 6) is 0. The van der Waals surface area contributed by atoms with Gasteiger partial charge in [-0.3, -0.25) is 0 Å². The molecule has 0 amide bonds. The molecule has 0 unspecified atom stereocenters. The highest BCUT2D eigenvalue weighted by Gasteiger charge is 2.07. The first kappa shape index (κ1) is 19.4. The van der Waals surface area contributed by atoms with Crippen molar-refractivity contribution >= 4 is 17.4 Å². The number of hydrogen-bond donors (Lipinski definition) is 0. The van der Waals surface area contributed by atoms with E-state index in [2.05, 4.69) is 20.4 Å². The molecule has 0 bridgehead atoms. The van der Waals surface area contributed by atoms with Crippen LogP contribution in [0.4, 0.5) is 0 Å². The normalized spacial score (nSPS) is 12.0. The molecular formula is C17H40Si2. The predicted molar refractivity (Wildman–Crippen MR) is 97.9 cm³/mol. The van der Waals surface area contributed by atoms with Gasteiger partial charge in [-0.25, -0.2) is 0 Å². The molecule has 0 nitrogen and oxygen atoms in total. The zero-order valence-corrected chi connectivity index (χ0v) is 16.8. The fourth-order valence-electron chi connectivity index (χ4n) is 2.98. The topological polar surface area (TPSA) is 0 Å². The third-order valence-corrected chi connectivity index (χ3v) is 14.0. The quantitative estimate of drug-likeness (QED) is 0.271. The van der Waals surface area contributed by atoms with Gasteiger partial charge in [0.2, 0.25) is 0 Å². The molecule has 0 heterocycles. The van der Waals surface area contributed by atoms with Crippen molar-refractivity contribution in [2.75, 3.05) is 0 Å². The first-order chi connectivity index (χ1) is 9.35. The Kier molecular flexibility index (Phi) is 16.9. The highest BCUT2D eigenvalue weighted by Crippen LogP contribution is 2.14. The molecule has 116 valence electrons. The van der Waals surface area contributed by atoms with Gasteiger partial charge in [0, 0.05) is 17.4 Å². The van der Waals surface area contributed by atoms with Crippen molar-refractivity contribution in [2.45, 2.75) is 110 Å². The zero-order valence-electron chi connectivity index (χ0n) is 14.2. The smallest absolute Gasteiger partial charge is 0.0238 e. The molecule has 2 heteroatoms. The minimum atomic E-state index is -0.192. The average molecular weight is 301 g/mol. The Hall–Kier alpha value is 0.434. The van der Waals surface area contributed by atoms with E-state index in [-0.39, 0.29) is 8.31 Å². The third-order valence-electron chi connectivity index (χ3n) is 4.51. The van der Waals surface area contributed by atoms with Crippen LogP contribution in [0, 0.1) is 0 Å². The van der Waals surface area contributed by atoms with E-state index in [4.69, 9.17) is 0 Å². The molecule has 19 heavy (non-hydrogen) atoms. The summed E-state index contributed by atoms with van der Waals surface area (Å²) in [6, 6.07) is 3.40. The lowest BCUT2D eigenvalue weighted by atomic mass is 10.1. The molecule has 0 fully saturated rings. The molecule has 0 saturated heterocycles. The van der Waals surface area contributed by atoms with Crippen LogP contribution in [0.2, 0.25) is 18.6 Å². The molecule has 0 radical (unpaired) electrons. The van der Waals surface area contributed by atoms with Crippen molar-refractivity contribution in [2.24, 2.45) is 0 Å². The van der Waals surface area contributed by atoms with Crippen LogP contribution >= 0.6 is 0 Å². The summed E-state index contributed by atoms with van der Waals surface area (Å²) in [5.41, 5.74) is 0. The maximum absolute atomic E-state index is 2.59. The molecule has 0 spiro atoms. The standard InChI is InChI=1S/C17H40Si2/c1-4-6-8-10-12-14-16-19(18-3)17-15-13-11-9-7-5-2/h19H,4-18H2,1-3H3.